The maximum Gasteiger partial charge on any atom is 0.362 e. The summed E-state index contributed by atoms with van der Waals surface area (Å²) in [7, 11) is 0. The Morgan fingerprint density at radius 3 is 2.46 bits per heavy atom. The molecule has 0 radical (unpaired) electrons. The Labute approximate surface area is 143 Å². The molecule has 0 aliphatic rings. The third-order valence-electron chi connectivity index (χ3n) is 3.84. The minimum atomic E-state index is -0.492. The second-order valence-electron chi connectivity index (χ2n) is 5.37. The molecule has 3 nitrogen and oxygen atoms in total. The van der Waals surface area contributed by atoms with Crippen LogP contribution in [0.3, 0.4) is 0 Å². The third-order valence-corrected chi connectivity index (χ3v) is 4.17. The normalized spacial score (nSPS) is 10.9. The van der Waals surface area contributed by atoms with Crippen molar-refractivity contribution in [1.82, 2.24) is 4.98 Å². The zero-order valence-electron chi connectivity index (χ0n) is 12.6. The maximum absolute atomic E-state index is 12.5. The molecule has 0 aliphatic carbocycles. The number of carbonyl (C=O) groups excluding carboxylic acids is 1. The van der Waals surface area contributed by atoms with Crippen LogP contribution in [0.15, 0.2) is 72.8 Å². The van der Waals surface area contributed by atoms with E-state index >= 15 is 0 Å². The number of rotatable bonds is 2. The molecule has 4 heteroatoms. The van der Waals surface area contributed by atoms with Crippen LogP contribution in [0.1, 0.15) is 10.5 Å². The number of pyridine rings is 1. The van der Waals surface area contributed by atoms with Crippen molar-refractivity contribution in [1.29, 1.82) is 0 Å². The van der Waals surface area contributed by atoms with Gasteiger partial charge in [0.15, 0.2) is 0 Å². The van der Waals surface area contributed by atoms with E-state index in [2.05, 4.69) is 4.98 Å². The molecule has 4 rings (SSSR count). The molecule has 3 aromatic carbocycles. The average Bonchev–Trinajstić information content (AvgIpc) is 2.64. The van der Waals surface area contributed by atoms with Gasteiger partial charge in [0.2, 0.25) is 0 Å². The average molecular weight is 334 g/mol. The lowest BCUT2D eigenvalue weighted by molar-refractivity contribution is 0.0731. The number of ether oxygens (including phenoxy) is 1. The smallest absolute Gasteiger partial charge is 0.362 e. The predicted molar refractivity (Wildman–Crippen MR) is 95.7 cm³/mol. The molecule has 0 amide bonds. The highest BCUT2D eigenvalue weighted by atomic mass is 35.5. The van der Waals surface area contributed by atoms with Crippen LogP contribution >= 0.6 is 11.6 Å². The topological polar surface area (TPSA) is 39.2 Å². The van der Waals surface area contributed by atoms with Gasteiger partial charge in [0.25, 0.3) is 0 Å². The van der Waals surface area contributed by atoms with Crippen molar-refractivity contribution in [2.45, 2.75) is 0 Å². The minimum Gasteiger partial charge on any atom is -0.421 e. The maximum atomic E-state index is 12.5. The Kier molecular flexibility index (Phi) is 3.63. The summed E-state index contributed by atoms with van der Waals surface area (Å²) in [6, 6.07) is 22.1. The first-order valence-electron chi connectivity index (χ1n) is 7.47. The molecule has 0 saturated carbocycles. The van der Waals surface area contributed by atoms with E-state index < -0.39 is 5.97 Å². The molecule has 24 heavy (non-hydrogen) atoms. The van der Waals surface area contributed by atoms with Gasteiger partial charge in [-0.1, -0.05) is 60.1 Å². The summed E-state index contributed by atoms with van der Waals surface area (Å²) >= 11 is 6.20. The number of halogens is 1. The predicted octanol–water partition coefficient (Wildman–Crippen LogP) is 5.26. The molecule has 0 bridgehead atoms. The molecule has 0 aliphatic heterocycles. The van der Waals surface area contributed by atoms with Crippen LogP contribution in [0.4, 0.5) is 0 Å². The van der Waals surface area contributed by atoms with Gasteiger partial charge in [-0.05, 0) is 24.3 Å². The van der Waals surface area contributed by atoms with Crippen LogP contribution in [-0.4, -0.2) is 11.0 Å². The van der Waals surface area contributed by atoms with Crippen LogP contribution in [0.25, 0.3) is 21.7 Å². The summed E-state index contributed by atoms with van der Waals surface area (Å²) in [4.78, 5) is 16.8. The first kappa shape index (κ1) is 14.7. The molecule has 1 aromatic heterocycles. The van der Waals surface area contributed by atoms with Gasteiger partial charge >= 0.3 is 5.97 Å². The molecule has 0 unspecified atom stereocenters. The Hall–Kier alpha value is -2.91. The molecule has 0 N–H and O–H groups in total. The summed E-state index contributed by atoms with van der Waals surface area (Å²) < 4.78 is 5.56. The lowest BCUT2D eigenvalue weighted by Gasteiger charge is -2.09. The van der Waals surface area contributed by atoms with Crippen molar-refractivity contribution in [2.24, 2.45) is 0 Å². The number of hydrogen-bond donors (Lipinski definition) is 0. The highest BCUT2D eigenvalue weighted by Gasteiger charge is 2.13. The van der Waals surface area contributed by atoms with Gasteiger partial charge in [-0.3, -0.25) is 0 Å². The van der Waals surface area contributed by atoms with E-state index in [1.807, 2.05) is 54.6 Å². The Balaban J connectivity index is 1.72. The quantitative estimate of drug-likeness (QED) is 0.371. The number of aromatic nitrogens is 1. The Morgan fingerprint density at radius 1 is 0.833 bits per heavy atom. The lowest BCUT2D eigenvalue weighted by Crippen LogP contribution is -2.10. The largest absolute Gasteiger partial charge is 0.421 e. The molecule has 4 aromatic rings. The van der Waals surface area contributed by atoms with Gasteiger partial charge in [-0.15, -0.1) is 0 Å². The molecule has 0 spiro atoms. The second kappa shape index (κ2) is 5.95. The summed E-state index contributed by atoms with van der Waals surface area (Å²) in [5.41, 5.74) is 1.03. The van der Waals surface area contributed by atoms with Gasteiger partial charge in [-0.25, -0.2) is 9.78 Å². The van der Waals surface area contributed by atoms with E-state index in [0.29, 0.717) is 10.8 Å². The molecule has 0 fully saturated rings. The van der Waals surface area contributed by atoms with Crippen molar-refractivity contribution in [3.05, 3.63) is 83.5 Å². The third kappa shape index (κ3) is 2.59. The van der Waals surface area contributed by atoms with Crippen molar-refractivity contribution in [2.75, 3.05) is 0 Å². The number of carbonyl (C=O) groups is 1. The van der Waals surface area contributed by atoms with Gasteiger partial charge in [-0.2, -0.15) is 0 Å². The van der Waals surface area contributed by atoms with Crippen molar-refractivity contribution >= 4 is 39.2 Å². The molecular formula is C20H12ClNO2. The number of benzene rings is 3. The van der Waals surface area contributed by atoms with Crippen LogP contribution in [0.2, 0.25) is 5.02 Å². The van der Waals surface area contributed by atoms with E-state index in [4.69, 9.17) is 16.3 Å². The van der Waals surface area contributed by atoms with E-state index in [0.717, 1.165) is 21.7 Å². The van der Waals surface area contributed by atoms with Crippen LogP contribution < -0.4 is 4.74 Å². The highest BCUT2D eigenvalue weighted by Crippen LogP contribution is 2.31. The fourth-order valence-electron chi connectivity index (χ4n) is 2.66. The second-order valence-corrected chi connectivity index (χ2v) is 5.78. The zero-order chi connectivity index (χ0) is 16.5. The SMILES string of the molecule is O=C(Oc1ccc(Cl)c2ccccc12)c1ccc2ccccc2n1. The van der Waals surface area contributed by atoms with Crippen molar-refractivity contribution < 1.29 is 9.53 Å². The van der Waals surface area contributed by atoms with Gasteiger partial charge in [0.1, 0.15) is 11.4 Å². The number of fused-ring (bicyclic) bond motifs is 2. The minimum absolute atomic E-state index is 0.271. The first-order chi connectivity index (χ1) is 11.7. The lowest BCUT2D eigenvalue weighted by atomic mass is 10.1. The molecule has 0 atom stereocenters. The summed E-state index contributed by atoms with van der Waals surface area (Å²) in [6.07, 6.45) is 0. The number of para-hydroxylation sites is 1. The number of nitrogens with zero attached hydrogens (tertiary/aromatic N) is 1. The summed E-state index contributed by atoms with van der Waals surface area (Å²) in [6.45, 7) is 0. The van der Waals surface area contributed by atoms with Crippen LogP contribution in [-0.2, 0) is 0 Å². The van der Waals surface area contributed by atoms with E-state index in [1.165, 1.54) is 0 Å². The van der Waals surface area contributed by atoms with Crippen molar-refractivity contribution in [3.8, 4) is 5.75 Å². The van der Waals surface area contributed by atoms with E-state index in [-0.39, 0.29) is 5.69 Å². The fraction of sp³-hybridized carbons (Fsp3) is 0. The number of esters is 1. The van der Waals surface area contributed by atoms with E-state index in [1.54, 1.807) is 18.2 Å². The Morgan fingerprint density at radius 2 is 1.58 bits per heavy atom. The molecular weight excluding hydrogens is 322 g/mol. The van der Waals surface area contributed by atoms with Gasteiger partial charge in [0.05, 0.1) is 5.52 Å². The highest BCUT2D eigenvalue weighted by molar-refractivity contribution is 6.35. The molecule has 0 saturated heterocycles. The Bertz CT molecular complexity index is 1080. The summed E-state index contributed by atoms with van der Waals surface area (Å²) in [5.74, 6) is -0.0248. The number of hydrogen-bond acceptors (Lipinski definition) is 3. The zero-order valence-corrected chi connectivity index (χ0v) is 13.3. The fourth-order valence-corrected chi connectivity index (χ4v) is 2.88. The first-order valence-corrected chi connectivity index (χ1v) is 7.85. The van der Waals surface area contributed by atoms with Crippen LogP contribution in [0, 0.1) is 0 Å². The molecule has 1 heterocycles. The van der Waals surface area contributed by atoms with Gasteiger partial charge < -0.3 is 4.74 Å². The summed E-state index contributed by atoms with van der Waals surface area (Å²) in [5, 5.41) is 3.23. The monoisotopic (exact) mass is 333 g/mol. The molecule has 116 valence electrons. The van der Waals surface area contributed by atoms with Gasteiger partial charge in [0, 0.05) is 21.2 Å². The van der Waals surface area contributed by atoms with Crippen molar-refractivity contribution in [3.63, 3.8) is 0 Å². The van der Waals surface area contributed by atoms with Crippen LogP contribution in [0.5, 0.6) is 5.75 Å². The standard InChI is InChI=1S/C20H12ClNO2/c21-16-10-12-19(15-7-3-2-6-14(15)16)24-20(23)18-11-9-13-5-1-4-8-17(13)22-18/h1-12H. The van der Waals surface area contributed by atoms with E-state index in [9.17, 15) is 4.79 Å².